The van der Waals surface area contributed by atoms with Crippen molar-refractivity contribution >= 4 is 45.9 Å². The molecule has 3 aromatic rings. The molecular formula is C21H17Cl2NO4. The van der Waals surface area contributed by atoms with Crippen molar-refractivity contribution in [1.29, 1.82) is 0 Å². The highest BCUT2D eigenvalue weighted by molar-refractivity contribution is 6.42. The molecule has 0 aliphatic rings. The van der Waals surface area contributed by atoms with E-state index in [4.69, 9.17) is 23.2 Å². The number of carboxylic acid groups (broad SMARTS) is 1. The Kier molecular flexibility index (Phi) is 5.87. The molecule has 0 spiro atoms. The maximum absolute atomic E-state index is 12.7. The summed E-state index contributed by atoms with van der Waals surface area (Å²) >= 11 is 12.3. The molecule has 0 aliphatic heterocycles. The van der Waals surface area contributed by atoms with Gasteiger partial charge in [-0.1, -0.05) is 48.3 Å². The molecule has 0 aliphatic carbocycles. The number of aromatic carboxylic acids is 1. The van der Waals surface area contributed by atoms with Crippen LogP contribution in [-0.4, -0.2) is 21.4 Å². The monoisotopic (exact) mass is 417 g/mol. The van der Waals surface area contributed by atoms with Crippen LogP contribution in [0.15, 0.2) is 47.4 Å². The lowest BCUT2D eigenvalue weighted by molar-refractivity contribution is -0.119. The predicted molar refractivity (Wildman–Crippen MR) is 110 cm³/mol. The lowest BCUT2D eigenvalue weighted by atomic mass is 10.0. The Morgan fingerprint density at radius 1 is 1.14 bits per heavy atom. The molecule has 7 heteroatoms. The summed E-state index contributed by atoms with van der Waals surface area (Å²) in [5.41, 5.74) is 1.14. The average molecular weight is 418 g/mol. The van der Waals surface area contributed by atoms with Gasteiger partial charge in [-0.2, -0.15) is 0 Å². The van der Waals surface area contributed by atoms with Crippen molar-refractivity contribution in [2.24, 2.45) is 0 Å². The minimum atomic E-state index is -1.33. The Labute approximate surface area is 171 Å². The largest absolute Gasteiger partial charge is 0.477 e. The minimum Gasteiger partial charge on any atom is -0.477 e. The standard InChI is InChI=1S/C21H17Cl2NO4/c1-2-14(25)10-24-11-16(21(27)28)20(26)15-9-12(6-7-18(15)24)8-13-4-3-5-17(22)19(13)23/h3-7,9,11H,2,8,10H2,1H3,(H,27,28). The highest BCUT2D eigenvalue weighted by Gasteiger charge is 2.16. The molecule has 1 heterocycles. The van der Waals surface area contributed by atoms with Crippen molar-refractivity contribution < 1.29 is 14.7 Å². The molecule has 0 bridgehead atoms. The Morgan fingerprint density at radius 3 is 2.57 bits per heavy atom. The third kappa shape index (κ3) is 3.96. The van der Waals surface area contributed by atoms with Gasteiger partial charge in [0.1, 0.15) is 5.56 Å². The maximum Gasteiger partial charge on any atom is 0.341 e. The van der Waals surface area contributed by atoms with Gasteiger partial charge in [0.25, 0.3) is 0 Å². The van der Waals surface area contributed by atoms with Crippen LogP contribution in [0.1, 0.15) is 34.8 Å². The number of carboxylic acids is 1. The number of hydrogen-bond acceptors (Lipinski definition) is 3. The Balaban J connectivity index is 2.15. The van der Waals surface area contributed by atoms with Gasteiger partial charge in [0.05, 0.1) is 22.1 Å². The van der Waals surface area contributed by atoms with E-state index in [9.17, 15) is 19.5 Å². The summed E-state index contributed by atoms with van der Waals surface area (Å²) in [5.74, 6) is -1.39. The summed E-state index contributed by atoms with van der Waals surface area (Å²) in [6.07, 6.45) is 1.98. The van der Waals surface area contributed by atoms with Gasteiger partial charge in [-0.25, -0.2) is 4.79 Å². The first-order valence-corrected chi connectivity index (χ1v) is 9.41. The van der Waals surface area contributed by atoms with Gasteiger partial charge in [-0.05, 0) is 35.7 Å². The maximum atomic E-state index is 12.7. The molecule has 1 N–H and O–H groups in total. The number of halogens is 2. The van der Waals surface area contributed by atoms with Crippen LogP contribution in [0, 0.1) is 0 Å². The third-order valence-corrected chi connectivity index (χ3v) is 5.40. The molecule has 0 atom stereocenters. The first-order valence-electron chi connectivity index (χ1n) is 8.65. The third-order valence-electron chi connectivity index (χ3n) is 4.54. The van der Waals surface area contributed by atoms with Crippen LogP contribution >= 0.6 is 23.2 Å². The van der Waals surface area contributed by atoms with E-state index in [1.807, 2.05) is 12.1 Å². The zero-order chi connectivity index (χ0) is 20.4. The number of aromatic nitrogens is 1. The van der Waals surface area contributed by atoms with Crippen molar-refractivity contribution in [3.05, 3.63) is 79.6 Å². The van der Waals surface area contributed by atoms with Crippen LogP contribution in [0.2, 0.25) is 10.0 Å². The fourth-order valence-corrected chi connectivity index (χ4v) is 3.43. The topological polar surface area (TPSA) is 76.4 Å². The van der Waals surface area contributed by atoms with Gasteiger partial charge in [-0.15, -0.1) is 0 Å². The number of Topliss-reactive ketones (excluding diaryl/α,β-unsaturated/α-hetero) is 1. The molecule has 0 radical (unpaired) electrons. The van der Waals surface area contributed by atoms with E-state index >= 15 is 0 Å². The van der Waals surface area contributed by atoms with Crippen molar-refractivity contribution in [2.45, 2.75) is 26.3 Å². The second-order valence-electron chi connectivity index (χ2n) is 6.44. The molecule has 0 saturated heterocycles. The van der Waals surface area contributed by atoms with E-state index in [1.165, 1.54) is 10.8 Å². The zero-order valence-electron chi connectivity index (χ0n) is 15.0. The van der Waals surface area contributed by atoms with Crippen LogP contribution < -0.4 is 5.43 Å². The van der Waals surface area contributed by atoms with Crippen LogP contribution in [0.25, 0.3) is 10.9 Å². The molecule has 28 heavy (non-hydrogen) atoms. The average Bonchev–Trinajstić information content (AvgIpc) is 2.67. The van der Waals surface area contributed by atoms with E-state index in [-0.39, 0.29) is 23.3 Å². The normalized spacial score (nSPS) is 11.0. The first kappa shape index (κ1) is 20.1. The number of benzene rings is 2. The Bertz CT molecular complexity index is 1150. The number of nitrogens with zero attached hydrogens (tertiary/aromatic N) is 1. The fourth-order valence-electron chi connectivity index (χ4n) is 3.04. The minimum absolute atomic E-state index is 0.00697. The molecule has 0 amide bonds. The van der Waals surface area contributed by atoms with Gasteiger partial charge in [0, 0.05) is 18.0 Å². The van der Waals surface area contributed by atoms with Gasteiger partial charge in [-0.3, -0.25) is 9.59 Å². The first-order chi connectivity index (χ1) is 13.3. The van der Waals surface area contributed by atoms with Crippen LogP contribution in [0.5, 0.6) is 0 Å². The summed E-state index contributed by atoms with van der Waals surface area (Å²) in [4.78, 5) is 36.1. The number of rotatable bonds is 6. The van der Waals surface area contributed by atoms with E-state index < -0.39 is 11.4 Å². The molecule has 5 nitrogen and oxygen atoms in total. The van der Waals surface area contributed by atoms with Crippen molar-refractivity contribution in [3.63, 3.8) is 0 Å². The van der Waals surface area contributed by atoms with Gasteiger partial charge < -0.3 is 9.67 Å². The van der Waals surface area contributed by atoms with Gasteiger partial charge in [0.15, 0.2) is 5.78 Å². The van der Waals surface area contributed by atoms with E-state index in [0.29, 0.717) is 28.4 Å². The SMILES string of the molecule is CCC(=O)Cn1cc(C(=O)O)c(=O)c2cc(Cc3cccc(Cl)c3Cl)ccc21. The van der Waals surface area contributed by atoms with Gasteiger partial charge >= 0.3 is 5.97 Å². The Morgan fingerprint density at radius 2 is 1.89 bits per heavy atom. The zero-order valence-corrected chi connectivity index (χ0v) is 16.5. The van der Waals surface area contributed by atoms with E-state index in [1.54, 1.807) is 31.2 Å². The van der Waals surface area contributed by atoms with E-state index in [0.717, 1.165) is 11.1 Å². The van der Waals surface area contributed by atoms with Crippen LogP contribution in [0.3, 0.4) is 0 Å². The lowest BCUT2D eigenvalue weighted by Gasteiger charge is -2.13. The molecule has 3 rings (SSSR count). The number of hydrogen-bond donors (Lipinski definition) is 1. The second kappa shape index (κ2) is 8.17. The molecule has 0 saturated carbocycles. The van der Waals surface area contributed by atoms with Crippen molar-refractivity contribution in [2.75, 3.05) is 0 Å². The summed E-state index contributed by atoms with van der Waals surface area (Å²) in [7, 11) is 0. The smallest absolute Gasteiger partial charge is 0.341 e. The number of pyridine rings is 1. The number of carbonyl (C=O) groups excluding carboxylic acids is 1. The van der Waals surface area contributed by atoms with E-state index in [2.05, 4.69) is 0 Å². The molecular weight excluding hydrogens is 401 g/mol. The summed E-state index contributed by atoms with van der Waals surface area (Å²) in [6, 6.07) is 10.5. The summed E-state index contributed by atoms with van der Waals surface area (Å²) in [6.45, 7) is 1.74. The number of carbonyl (C=O) groups is 2. The summed E-state index contributed by atoms with van der Waals surface area (Å²) in [5, 5.41) is 10.5. The second-order valence-corrected chi connectivity index (χ2v) is 7.22. The number of fused-ring (bicyclic) bond motifs is 1. The van der Waals surface area contributed by atoms with Crippen LogP contribution in [-0.2, 0) is 17.8 Å². The molecule has 144 valence electrons. The molecule has 1 aromatic heterocycles. The summed E-state index contributed by atoms with van der Waals surface area (Å²) < 4.78 is 1.52. The van der Waals surface area contributed by atoms with Crippen molar-refractivity contribution in [3.8, 4) is 0 Å². The fraction of sp³-hybridized carbons (Fsp3) is 0.190. The molecule has 0 fully saturated rings. The van der Waals surface area contributed by atoms with Crippen LogP contribution in [0.4, 0.5) is 0 Å². The quantitative estimate of drug-likeness (QED) is 0.636. The van der Waals surface area contributed by atoms with Gasteiger partial charge in [0.2, 0.25) is 5.43 Å². The lowest BCUT2D eigenvalue weighted by Crippen LogP contribution is -2.21. The predicted octanol–water partition coefficient (Wildman–Crippen LogP) is 4.58. The Hall–Kier alpha value is -2.63. The highest BCUT2D eigenvalue weighted by atomic mass is 35.5. The highest BCUT2D eigenvalue weighted by Crippen LogP contribution is 2.28. The number of ketones is 1. The molecule has 0 unspecified atom stereocenters. The molecule has 2 aromatic carbocycles. The van der Waals surface area contributed by atoms with Crippen molar-refractivity contribution in [1.82, 2.24) is 4.57 Å².